The fourth-order valence-corrected chi connectivity index (χ4v) is 2.82. The first kappa shape index (κ1) is 16.5. The molecule has 0 spiro atoms. The topological polar surface area (TPSA) is 69.0 Å². The lowest BCUT2D eigenvalue weighted by Gasteiger charge is -2.11. The van der Waals surface area contributed by atoms with Gasteiger partial charge in [-0.1, -0.05) is 30.0 Å². The number of nitrogens with zero attached hydrogens (tertiary/aromatic N) is 3. The lowest BCUT2D eigenvalue weighted by Crippen LogP contribution is -2.28. The monoisotopic (exact) mass is 320 g/mol. The molecule has 22 heavy (non-hydrogen) atoms. The van der Waals surface area contributed by atoms with E-state index >= 15 is 0 Å². The second-order valence-corrected chi connectivity index (χ2v) is 5.73. The van der Waals surface area contributed by atoms with Crippen molar-refractivity contribution in [3.63, 3.8) is 0 Å². The number of methoxy groups -OCH3 is 1. The summed E-state index contributed by atoms with van der Waals surface area (Å²) in [4.78, 5) is 11.8. The normalized spacial score (nSPS) is 10.7. The van der Waals surface area contributed by atoms with E-state index in [4.69, 9.17) is 4.74 Å². The van der Waals surface area contributed by atoms with E-state index in [-0.39, 0.29) is 5.91 Å². The fraction of sp³-hybridized carbons (Fsp3) is 0.400. The van der Waals surface area contributed by atoms with E-state index in [1.807, 2.05) is 42.7 Å². The average Bonchev–Trinajstić information content (AvgIpc) is 2.87. The number of nitrogens with one attached hydrogen (secondary N) is 1. The zero-order valence-electron chi connectivity index (χ0n) is 13.0. The number of para-hydroxylation sites is 1. The SMILES string of the molecule is COCCNC(=O)CSc1nnc(C)n1-c1ccccc1C. The Bertz CT molecular complexity index is 642. The Morgan fingerprint density at radius 1 is 1.32 bits per heavy atom. The van der Waals surface area contributed by atoms with Gasteiger partial charge in [0.25, 0.3) is 0 Å². The van der Waals surface area contributed by atoms with E-state index in [9.17, 15) is 4.79 Å². The summed E-state index contributed by atoms with van der Waals surface area (Å²) in [5.41, 5.74) is 2.17. The summed E-state index contributed by atoms with van der Waals surface area (Å²) in [6.45, 7) is 4.97. The van der Waals surface area contributed by atoms with Crippen LogP contribution in [-0.4, -0.2) is 46.7 Å². The van der Waals surface area contributed by atoms with Crippen LogP contribution in [0.4, 0.5) is 0 Å². The average molecular weight is 320 g/mol. The summed E-state index contributed by atoms with van der Waals surface area (Å²) in [6.07, 6.45) is 0. The van der Waals surface area contributed by atoms with Gasteiger partial charge in [-0.25, -0.2) is 0 Å². The highest BCUT2D eigenvalue weighted by atomic mass is 32.2. The molecule has 0 unspecified atom stereocenters. The predicted octanol–water partition coefficient (Wildman–Crippen LogP) is 1.74. The van der Waals surface area contributed by atoms with Crippen molar-refractivity contribution in [2.24, 2.45) is 0 Å². The third kappa shape index (κ3) is 4.08. The molecule has 1 heterocycles. The van der Waals surface area contributed by atoms with Gasteiger partial charge in [-0.05, 0) is 25.5 Å². The van der Waals surface area contributed by atoms with Gasteiger partial charge in [0.1, 0.15) is 5.82 Å². The molecule has 0 saturated heterocycles. The zero-order valence-corrected chi connectivity index (χ0v) is 13.8. The Hall–Kier alpha value is -1.86. The smallest absolute Gasteiger partial charge is 0.230 e. The van der Waals surface area contributed by atoms with Crippen LogP contribution in [-0.2, 0) is 9.53 Å². The van der Waals surface area contributed by atoms with Crippen molar-refractivity contribution in [2.45, 2.75) is 19.0 Å². The highest BCUT2D eigenvalue weighted by Crippen LogP contribution is 2.23. The van der Waals surface area contributed by atoms with Crippen LogP contribution >= 0.6 is 11.8 Å². The van der Waals surface area contributed by atoms with Crippen molar-refractivity contribution in [3.05, 3.63) is 35.7 Å². The number of aryl methyl sites for hydroxylation is 2. The second-order valence-electron chi connectivity index (χ2n) is 4.78. The standard InChI is InChI=1S/C15H20N4O2S/c1-11-6-4-5-7-13(11)19-12(2)17-18-15(19)22-10-14(20)16-8-9-21-3/h4-7H,8-10H2,1-3H3,(H,16,20). The first-order valence-electron chi connectivity index (χ1n) is 7.00. The number of amides is 1. The molecule has 118 valence electrons. The van der Waals surface area contributed by atoms with E-state index in [0.717, 1.165) is 17.1 Å². The molecule has 0 aliphatic carbocycles. The number of rotatable bonds is 7. The van der Waals surface area contributed by atoms with Gasteiger partial charge in [-0.2, -0.15) is 0 Å². The quantitative estimate of drug-likeness (QED) is 0.621. The van der Waals surface area contributed by atoms with Crippen LogP contribution < -0.4 is 5.32 Å². The van der Waals surface area contributed by atoms with Gasteiger partial charge in [0, 0.05) is 13.7 Å². The molecule has 0 aliphatic rings. The maximum absolute atomic E-state index is 11.8. The molecule has 0 radical (unpaired) electrons. The van der Waals surface area contributed by atoms with Gasteiger partial charge >= 0.3 is 0 Å². The molecule has 7 heteroatoms. The predicted molar refractivity (Wildman–Crippen MR) is 86.4 cm³/mol. The van der Waals surface area contributed by atoms with E-state index in [1.54, 1.807) is 7.11 Å². The van der Waals surface area contributed by atoms with Crippen molar-refractivity contribution in [3.8, 4) is 5.69 Å². The van der Waals surface area contributed by atoms with Gasteiger partial charge in [-0.15, -0.1) is 10.2 Å². The number of thioether (sulfide) groups is 1. The van der Waals surface area contributed by atoms with Crippen molar-refractivity contribution in [1.82, 2.24) is 20.1 Å². The van der Waals surface area contributed by atoms with Crippen molar-refractivity contribution in [2.75, 3.05) is 26.0 Å². The van der Waals surface area contributed by atoms with Gasteiger partial charge in [0.15, 0.2) is 5.16 Å². The number of aromatic nitrogens is 3. The molecule has 1 amide bonds. The minimum absolute atomic E-state index is 0.0426. The van der Waals surface area contributed by atoms with Gasteiger partial charge in [0.2, 0.25) is 5.91 Å². The van der Waals surface area contributed by atoms with E-state index < -0.39 is 0 Å². The lowest BCUT2D eigenvalue weighted by molar-refractivity contribution is -0.118. The van der Waals surface area contributed by atoms with Gasteiger partial charge in [0.05, 0.1) is 18.0 Å². The van der Waals surface area contributed by atoms with E-state index in [1.165, 1.54) is 11.8 Å². The fourth-order valence-electron chi connectivity index (χ4n) is 2.00. The first-order valence-corrected chi connectivity index (χ1v) is 7.98. The number of carbonyl (C=O) groups excluding carboxylic acids is 1. The Morgan fingerprint density at radius 3 is 2.82 bits per heavy atom. The second kappa shape index (κ2) is 7.95. The molecule has 0 atom stereocenters. The molecular weight excluding hydrogens is 300 g/mol. The summed E-state index contributed by atoms with van der Waals surface area (Å²) in [5, 5.41) is 11.8. The molecule has 1 N–H and O–H groups in total. The molecule has 6 nitrogen and oxygen atoms in total. The number of ether oxygens (including phenoxy) is 1. The van der Waals surface area contributed by atoms with Crippen LogP contribution in [0.3, 0.4) is 0 Å². The largest absolute Gasteiger partial charge is 0.383 e. The van der Waals surface area contributed by atoms with Gasteiger partial charge < -0.3 is 10.1 Å². The van der Waals surface area contributed by atoms with Crippen molar-refractivity contribution < 1.29 is 9.53 Å². The van der Waals surface area contributed by atoms with Gasteiger partial charge in [-0.3, -0.25) is 9.36 Å². The Morgan fingerprint density at radius 2 is 2.09 bits per heavy atom. The molecule has 2 aromatic rings. The van der Waals surface area contributed by atoms with Crippen molar-refractivity contribution in [1.29, 1.82) is 0 Å². The number of hydrogen-bond donors (Lipinski definition) is 1. The Kier molecular flexibility index (Phi) is 5.97. The van der Waals surface area contributed by atoms with Crippen LogP contribution in [0, 0.1) is 13.8 Å². The molecule has 0 bridgehead atoms. The van der Waals surface area contributed by atoms with Crippen LogP contribution in [0.2, 0.25) is 0 Å². The molecule has 0 saturated carbocycles. The minimum atomic E-state index is -0.0426. The third-order valence-corrected chi connectivity index (χ3v) is 4.04. The van der Waals surface area contributed by atoms with Crippen LogP contribution in [0.5, 0.6) is 0 Å². The van der Waals surface area contributed by atoms with Crippen LogP contribution in [0.15, 0.2) is 29.4 Å². The zero-order chi connectivity index (χ0) is 15.9. The molecule has 1 aromatic carbocycles. The Labute approximate surface area is 134 Å². The highest BCUT2D eigenvalue weighted by Gasteiger charge is 2.14. The van der Waals surface area contributed by atoms with E-state index in [2.05, 4.69) is 15.5 Å². The maximum atomic E-state index is 11.8. The molecule has 2 rings (SSSR count). The van der Waals surface area contributed by atoms with E-state index in [0.29, 0.717) is 24.1 Å². The summed E-state index contributed by atoms with van der Waals surface area (Å²) in [5.74, 6) is 1.06. The minimum Gasteiger partial charge on any atom is -0.383 e. The van der Waals surface area contributed by atoms with Crippen LogP contribution in [0.1, 0.15) is 11.4 Å². The number of carbonyl (C=O) groups is 1. The molecular formula is C15H20N4O2S. The Balaban J connectivity index is 2.07. The lowest BCUT2D eigenvalue weighted by atomic mass is 10.2. The number of benzene rings is 1. The summed E-state index contributed by atoms with van der Waals surface area (Å²) >= 11 is 1.37. The summed E-state index contributed by atoms with van der Waals surface area (Å²) < 4.78 is 6.88. The summed E-state index contributed by atoms with van der Waals surface area (Å²) in [6, 6.07) is 8.04. The summed E-state index contributed by atoms with van der Waals surface area (Å²) in [7, 11) is 1.61. The third-order valence-electron chi connectivity index (χ3n) is 3.11. The number of hydrogen-bond acceptors (Lipinski definition) is 5. The molecule has 0 fully saturated rings. The maximum Gasteiger partial charge on any atom is 0.230 e. The van der Waals surface area contributed by atoms with Crippen molar-refractivity contribution >= 4 is 17.7 Å². The molecule has 1 aromatic heterocycles. The first-order chi connectivity index (χ1) is 10.6. The van der Waals surface area contributed by atoms with Crippen LogP contribution in [0.25, 0.3) is 5.69 Å². The molecule has 0 aliphatic heterocycles. The highest BCUT2D eigenvalue weighted by molar-refractivity contribution is 7.99.